The van der Waals surface area contributed by atoms with E-state index in [2.05, 4.69) is 20.9 Å². The summed E-state index contributed by atoms with van der Waals surface area (Å²) in [6.45, 7) is 4.71. The van der Waals surface area contributed by atoms with E-state index in [0.717, 1.165) is 45.6 Å². The van der Waals surface area contributed by atoms with Gasteiger partial charge in [0.1, 0.15) is 0 Å². The molecule has 6 nitrogen and oxygen atoms in total. The Hall–Kier alpha value is -1.92. The van der Waals surface area contributed by atoms with E-state index < -0.39 is 0 Å². The molecule has 2 unspecified atom stereocenters. The molecular weight excluding hydrogens is 328 g/mol. The number of carbonyl (C=O) groups excluding carboxylic acids is 2. The Kier molecular flexibility index (Phi) is 6.63. The number of benzene rings is 1. The molecule has 2 atom stereocenters. The number of amides is 2. The Morgan fingerprint density at radius 3 is 2.69 bits per heavy atom. The quantitative estimate of drug-likeness (QED) is 0.713. The van der Waals surface area contributed by atoms with E-state index in [1.54, 1.807) is 7.05 Å². The first kappa shape index (κ1) is 18.9. The highest BCUT2D eigenvalue weighted by Gasteiger charge is 2.24. The second-order valence-corrected chi connectivity index (χ2v) is 7.41. The SMILES string of the molecule is CNC(=O)c1ccc(CN2CCCC(CNC(=O)C3CCCN3)C2)cc1. The largest absolute Gasteiger partial charge is 0.355 e. The minimum absolute atomic E-state index is 0.00790. The van der Waals surface area contributed by atoms with Crippen LogP contribution in [0.3, 0.4) is 0 Å². The fourth-order valence-electron chi connectivity index (χ4n) is 3.90. The lowest BCUT2D eigenvalue weighted by Crippen LogP contribution is -2.45. The van der Waals surface area contributed by atoms with Crippen LogP contribution in [0.5, 0.6) is 0 Å². The molecule has 3 N–H and O–H groups in total. The molecule has 26 heavy (non-hydrogen) atoms. The smallest absolute Gasteiger partial charge is 0.251 e. The third-order valence-electron chi connectivity index (χ3n) is 5.39. The third kappa shape index (κ3) is 5.05. The Bertz CT molecular complexity index is 611. The van der Waals surface area contributed by atoms with Crippen molar-refractivity contribution in [2.45, 2.75) is 38.3 Å². The van der Waals surface area contributed by atoms with Crippen LogP contribution in [0.2, 0.25) is 0 Å². The summed E-state index contributed by atoms with van der Waals surface area (Å²) in [7, 11) is 1.64. The van der Waals surface area contributed by atoms with Crippen molar-refractivity contribution in [3.8, 4) is 0 Å². The summed E-state index contributed by atoms with van der Waals surface area (Å²) >= 11 is 0. The Morgan fingerprint density at radius 2 is 2.00 bits per heavy atom. The molecule has 0 saturated carbocycles. The van der Waals surface area contributed by atoms with Crippen molar-refractivity contribution >= 4 is 11.8 Å². The van der Waals surface area contributed by atoms with E-state index >= 15 is 0 Å². The number of rotatable bonds is 6. The van der Waals surface area contributed by atoms with E-state index in [1.165, 1.54) is 18.4 Å². The lowest BCUT2D eigenvalue weighted by atomic mass is 9.97. The zero-order valence-electron chi connectivity index (χ0n) is 15.6. The fraction of sp³-hybridized carbons (Fsp3) is 0.600. The third-order valence-corrected chi connectivity index (χ3v) is 5.39. The molecule has 1 aromatic rings. The lowest BCUT2D eigenvalue weighted by molar-refractivity contribution is -0.123. The molecule has 0 aliphatic carbocycles. The second-order valence-electron chi connectivity index (χ2n) is 7.41. The van der Waals surface area contributed by atoms with Gasteiger partial charge in [0.25, 0.3) is 5.91 Å². The molecule has 2 aliphatic rings. The lowest BCUT2D eigenvalue weighted by Gasteiger charge is -2.33. The van der Waals surface area contributed by atoms with Crippen molar-refractivity contribution in [1.82, 2.24) is 20.9 Å². The molecule has 6 heteroatoms. The van der Waals surface area contributed by atoms with Crippen molar-refractivity contribution in [3.63, 3.8) is 0 Å². The van der Waals surface area contributed by atoms with Crippen LogP contribution in [0.15, 0.2) is 24.3 Å². The summed E-state index contributed by atoms with van der Waals surface area (Å²) < 4.78 is 0. The number of carbonyl (C=O) groups is 2. The van der Waals surface area contributed by atoms with Crippen molar-refractivity contribution in [3.05, 3.63) is 35.4 Å². The van der Waals surface area contributed by atoms with Crippen molar-refractivity contribution in [2.24, 2.45) is 5.92 Å². The topological polar surface area (TPSA) is 73.5 Å². The zero-order valence-corrected chi connectivity index (χ0v) is 15.6. The number of nitrogens with one attached hydrogen (secondary N) is 3. The van der Waals surface area contributed by atoms with E-state index in [4.69, 9.17) is 0 Å². The summed E-state index contributed by atoms with van der Waals surface area (Å²) in [5.74, 6) is 0.616. The van der Waals surface area contributed by atoms with Gasteiger partial charge in [0.05, 0.1) is 6.04 Å². The predicted molar refractivity (Wildman–Crippen MR) is 102 cm³/mol. The molecule has 0 bridgehead atoms. The summed E-state index contributed by atoms with van der Waals surface area (Å²) in [4.78, 5) is 26.2. The van der Waals surface area contributed by atoms with E-state index in [-0.39, 0.29) is 17.9 Å². The van der Waals surface area contributed by atoms with E-state index in [1.807, 2.05) is 24.3 Å². The molecule has 2 fully saturated rings. The monoisotopic (exact) mass is 358 g/mol. The Balaban J connectivity index is 1.45. The maximum atomic E-state index is 12.2. The van der Waals surface area contributed by atoms with E-state index in [0.29, 0.717) is 11.5 Å². The van der Waals surface area contributed by atoms with Gasteiger partial charge in [0.15, 0.2) is 0 Å². The van der Waals surface area contributed by atoms with Gasteiger partial charge in [-0.2, -0.15) is 0 Å². The highest BCUT2D eigenvalue weighted by molar-refractivity contribution is 5.93. The summed E-state index contributed by atoms with van der Waals surface area (Å²) in [6.07, 6.45) is 4.38. The van der Waals surface area contributed by atoms with Gasteiger partial charge in [0.2, 0.25) is 5.91 Å². The maximum absolute atomic E-state index is 12.2. The Labute approximate surface area is 155 Å². The van der Waals surface area contributed by atoms with Gasteiger partial charge in [-0.25, -0.2) is 0 Å². The summed E-state index contributed by atoms with van der Waals surface area (Å²) in [5, 5.41) is 9.03. The number of nitrogens with zero attached hydrogens (tertiary/aromatic N) is 1. The number of hydrogen-bond acceptors (Lipinski definition) is 4. The summed E-state index contributed by atoms with van der Waals surface area (Å²) in [5.41, 5.74) is 1.91. The second kappa shape index (κ2) is 9.14. The van der Waals surface area contributed by atoms with Crippen LogP contribution in [-0.2, 0) is 11.3 Å². The van der Waals surface area contributed by atoms with Gasteiger partial charge in [0, 0.05) is 32.2 Å². The van der Waals surface area contributed by atoms with Crippen LogP contribution in [0.25, 0.3) is 0 Å². The van der Waals surface area contributed by atoms with Gasteiger partial charge < -0.3 is 16.0 Å². The average Bonchev–Trinajstić information content (AvgIpc) is 3.21. The van der Waals surface area contributed by atoms with Crippen LogP contribution >= 0.6 is 0 Å². The van der Waals surface area contributed by atoms with Crippen molar-refractivity contribution in [1.29, 1.82) is 0 Å². The van der Waals surface area contributed by atoms with Gasteiger partial charge in [-0.1, -0.05) is 12.1 Å². The molecule has 0 radical (unpaired) electrons. The Morgan fingerprint density at radius 1 is 1.19 bits per heavy atom. The summed E-state index contributed by atoms with van der Waals surface area (Å²) in [6, 6.07) is 7.83. The highest BCUT2D eigenvalue weighted by atomic mass is 16.2. The highest BCUT2D eigenvalue weighted by Crippen LogP contribution is 2.18. The molecule has 3 rings (SSSR count). The number of piperidine rings is 1. The molecular formula is C20H30N4O2. The predicted octanol–water partition coefficient (Wildman–Crippen LogP) is 1.13. The molecule has 2 amide bonds. The molecule has 142 valence electrons. The van der Waals surface area contributed by atoms with Crippen molar-refractivity contribution < 1.29 is 9.59 Å². The first-order valence-electron chi connectivity index (χ1n) is 9.70. The molecule has 2 saturated heterocycles. The van der Waals surface area contributed by atoms with Crippen LogP contribution in [0.4, 0.5) is 0 Å². The molecule has 2 heterocycles. The van der Waals surface area contributed by atoms with Crippen LogP contribution in [0, 0.1) is 5.92 Å². The first-order chi connectivity index (χ1) is 12.7. The van der Waals surface area contributed by atoms with Crippen LogP contribution < -0.4 is 16.0 Å². The molecule has 0 aromatic heterocycles. The first-order valence-corrected chi connectivity index (χ1v) is 9.70. The van der Waals surface area contributed by atoms with Crippen LogP contribution in [-0.4, -0.2) is 56.0 Å². The van der Waals surface area contributed by atoms with Crippen LogP contribution in [0.1, 0.15) is 41.6 Å². The number of likely N-dealkylation sites (tertiary alicyclic amines) is 1. The minimum Gasteiger partial charge on any atom is -0.355 e. The maximum Gasteiger partial charge on any atom is 0.251 e. The van der Waals surface area contributed by atoms with Gasteiger partial charge in [-0.3, -0.25) is 14.5 Å². The fourth-order valence-corrected chi connectivity index (χ4v) is 3.90. The molecule has 1 aromatic carbocycles. The molecule has 2 aliphatic heterocycles. The average molecular weight is 358 g/mol. The van der Waals surface area contributed by atoms with Crippen molar-refractivity contribution in [2.75, 3.05) is 33.2 Å². The van der Waals surface area contributed by atoms with Gasteiger partial charge in [-0.05, 0) is 62.4 Å². The minimum atomic E-state index is -0.0536. The zero-order chi connectivity index (χ0) is 18.4. The standard InChI is InChI=1S/C20H30N4O2/c1-21-19(25)17-8-6-15(7-9-17)13-24-11-3-4-16(14-24)12-23-20(26)18-5-2-10-22-18/h6-9,16,18,22H,2-5,10-14H2,1H3,(H,21,25)(H,23,26). The normalized spacial score (nSPS) is 23.6. The number of hydrogen-bond donors (Lipinski definition) is 3. The molecule has 0 spiro atoms. The van der Waals surface area contributed by atoms with Gasteiger partial charge >= 0.3 is 0 Å². The van der Waals surface area contributed by atoms with E-state index in [9.17, 15) is 9.59 Å². The van der Waals surface area contributed by atoms with Gasteiger partial charge in [-0.15, -0.1) is 0 Å².